The minimum Gasteiger partial charge on any atom is -0.496 e. The molecule has 0 amide bonds. The van der Waals surface area contributed by atoms with Crippen molar-refractivity contribution in [2.24, 2.45) is 0 Å². The smallest absolute Gasteiger partial charge is 0.129 e. The molecule has 2 heteroatoms. The predicted molar refractivity (Wildman–Crippen MR) is 48.3 cm³/mol. The molecule has 0 bridgehead atoms. The molecule has 1 radical (unpaired) electrons. The Morgan fingerprint density at radius 2 is 1.67 bits per heavy atom. The van der Waals surface area contributed by atoms with E-state index in [9.17, 15) is 0 Å². The number of ether oxygens (including phenoxy) is 2. The van der Waals surface area contributed by atoms with Gasteiger partial charge in [-0.05, 0) is 18.2 Å². The Kier molecular flexibility index (Phi) is 2.75. The minimum absolute atomic E-state index is 0.719. The molecule has 12 heavy (non-hydrogen) atoms. The van der Waals surface area contributed by atoms with Crippen LogP contribution in [0, 0.1) is 6.58 Å². The highest BCUT2D eigenvalue weighted by molar-refractivity contribution is 5.62. The zero-order valence-electron chi connectivity index (χ0n) is 7.20. The Morgan fingerprint density at radius 1 is 1.17 bits per heavy atom. The second-order valence-corrected chi connectivity index (χ2v) is 2.24. The summed E-state index contributed by atoms with van der Waals surface area (Å²) in [6, 6.07) is 5.52. The normalized spacial score (nSPS) is 9.17. The molecule has 0 heterocycles. The lowest BCUT2D eigenvalue weighted by atomic mass is 10.2. The molecule has 63 valence electrons. The van der Waals surface area contributed by atoms with Gasteiger partial charge in [-0.25, -0.2) is 0 Å². The van der Waals surface area contributed by atoms with Gasteiger partial charge >= 0.3 is 0 Å². The molecule has 0 unspecified atom stereocenters. The van der Waals surface area contributed by atoms with Crippen molar-refractivity contribution in [1.82, 2.24) is 0 Å². The number of hydrogen-bond donors (Lipinski definition) is 0. The molecule has 0 aliphatic heterocycles. The number of rotatable bonds is 3. The van der Waals surface area contributed by atoms with E-state index in [2.05, 4.69) is 0 Å². The van der Waals surface area contributed by atoms with E-state index < -0.39 is 0 Å². The van der Waals surface area contributed by atoms with Crippen molar-refractivity contribution in [2.45, 2.75) is 0 Å². The SMILES string of the molecule is [CH]=Cc1c(OC)cccc1OC. The second kappa shape index (κ2) is 3.81. The van der Waals surface area contributed by atoms with Crippen LogP contribution in [0.1, 0.15) is 5.56 Å². The molecule has 0 saturated heterocycles. The van der Waals surface area contributed by atoms with Crippen molar-refractivity contribution in [3.8, 4) is 11.5 Å². The van der Waals surface area contributed by atoms with Gasteiger partial charge in [-0.3, -0.25) is 0 Å². The molecule has 1 aromatic rings. The van der Waals surface area contributed by atoms with Gasteiger partial charge in [0.2, 0.25) is 0 Å². The van der Waals surface area contributed by atoms with E-state index in [-0.39, 0.29) is 0 Å². The number of methoxy groups -OCH3 is 2. The highest BCUT2D eigenvalue weighted by atomic mass is 16.5. The van der Waals surface area contributed by atoms with E-state index >= 15 is 0 Å². The summed E-state index contributed by atoms with van der Waals surface area (Å²) in [5.74, 6) is 1.44. The average Bonchev–Trinajstić information content (AvgIpc) is 2.16. The van der Waals surface area contributed by atoms with Crippen LogP contribution in [0.25, 0.3) is 6.08 Å². The molecule has 0 spiro atoms. The highest BCUT2D eigenvalue weighted by Crippen LogP contribution is 2.28. The monoisotopic (exact) mass is 163 g/mol. The molecule has 0 aliphatic rings. The van der Waals surface area contributed by atoms with Crippen LogP contribution in [-0.2, 0) is 0 Å². The molecule has 0 aromatic heterocycles. The minimum atomic E-state index is 0.719. The van der Waals surface area contributed by atoms with Crippen LogP contribution in [0.15, 0.2) is 18.2 Å². The van der Waals surface area contributed by atoms with Crippen molar-refractivity contribution in [3.63, 3.8) is 0 Å². The van der Waals surface area contributed by atoms with Gasteiger partial charge < -0.3 is 9.47 Å². The third kappa shape index (κ3) is 1.42. The van der Waals surface area contributed by atoms with Crippen molar-refractivity contribution in [2.75, 3.05) is 14.2 Å². The topological polar surface area (TPSA) is 18.5 Å². The lowest BCUT2D eigenvalue weighted by Crippen LogP contribution is -1.91. The van der Waals surface area contributed by atoms with Crippen molar-refractivity contribution in [1.29, 1.82) is 0 Å². The molecule has 0 fully saturated rings. The standard InChI is InChI=1S/C10H11O2/c1-4-8-9(11-2)6-5-7-10(8)12-3/h1,4-7H,2-3H3. The first kappa shape index (κ1) is 8.65. The predicted octanol–water partition coefficient (Wildman–Crippen LogP) is 2.15. The number of hydrogen-bond acceptors (Lipinski definition) is 2. The Balaban J connectivity index is 3.21. The van der Waals surface area contributed by atoms with E-state index in [1.807, 2.05) is 18.2 Å². The number of benzene rings is 1. The van der Waals surface area contributed by atoms with Gasteiger partial charge in [0.25, 0.3) is 0 Å². The Hall–Kier alpha value is -1.44. The Bertz CT molecular complexity index is 257. The van der Waals surface area contributed by atoms with Gasteiger partial charge in [0.1, 0.15) is 11.5 Å². The fourth-order valence-corrected chi connectivity index (χ4v) is 1.04. The van der Waals surface area contributed by atoms with Gasteiger partial charge in [-0.15, -0.1) is 0 Å². The van der Waals surface area contributed by atoms with E-state index in [4.69, 9.17) is 16.1 Å². The molecule has 0 aliphatic carbocycles. The van der Waals surface area contributed by atoms with Crippen LogP contribution in [0.3, 0.4) is 0 Å². The summed E-state index contributed by atoms with van der Waals surface area (Å²) in [5, 5.41) is 0. The fraction of sp³-hybridized carbons (Fsp3) is 0.200. The van der Waals surface area contributed by atoms with Gasteiger partial charge in [-0.1, -0.05) is 12.6 Å². The van der Waals surface area contributed by atoms with Gasteiger partial charge in [0, 0.05) is 0 Å². The summed E-state index contributed by atoms with van der Waals surface area (Å²) in [6.45, 7) is 5.42. The van der Waals surface area contributed by atoms with Crippen LogP contribution in [-0.4, -0.2) is 14.2 Å². The summed E-state index contributed by atoms with van der Waals surface area (Å²) in [5.41, 5.74) is 0.780. The molecule has 2 nitrogen and oxygen atoms in total. The van der Waals surface area contributed by atoms with Crippen LogP contribution in [0.4, 0.5) is 0 Å². The van der Waals surface area contributed by atoms with Crippen LogP contribution in [0.2, 0.25) is 0 Å². The molecule has 0 N–H and O–H groups in total. The van der Waals surface area contributed by atoms with Crippen LogP contribution in [0.5, 0.6) is 11.5 Å². The third-order valence-corrected chi connectivity index (χ3v) is 1.63. The second-order valence-electron chi connectivity index (χ2n) is 2.24. The maximum Gasteiger partial charge on any atom is 0.129 e. The lowest BCUT2D eigenvalue weighted by Gasteiger charge is -2.08. The zero-order valence-corrected chi connectivity index (χ0v) is 7.20. The quantitative estimate of drug-likeness (QED) is 0.679. The molecule has 1 aromatic carbocycles. The third-order valence-electron chi connectivity index (χ3n) is 1.63. The van der Waals surface area contributed by atoms with Crippen molar-refractivity contribution < 1.29 is 9.47 Å². The van der Waals surface area contributed by atoms with E-state index in [0.29, 0.717) is 0 Å². The summed E-state index contributed by atoms with van der Waals surface area (Å²) < 4.78 is 10.2. The lowest BCUT2D eigenvalue weighted by molar-refractivity contribution is 0.392. The van der Waals surface area contributed by atoms with Crippen LogP contribution < -0.4 is 9.47 Å². The maximum absolute atomic E-state index is 5.42. The van der Waals surface area contributed by atoms with Gasteiger partial charge in [0.05, 0.1) is 19.8 Å². The fourth-order valence-electron chi connectivity index (χ4n) is 1.04. The molecule has 0 atom stereocenters. The first-order valence-corrected chi connectivity index (χ1v) is 3.59. The van der Waals surface area contributed by atoms with Gasteiger partial charge in [0.15, 0.2) is 0 Å². The first-order chi connectivity index (χ1) is 5.83. The zero-order chi connectivity index (χ0) is 8.97. The van der Waals surface area contributed by atoms with Crippen molar-refractivity contribution >= 4 is 6.08 Å². The Labute approximate surface area is 72.4 Å². The molecule has 0 saturated carbocycles. The van der Waals surface area contributed by atoms with Gasteiger partial charge in [-0.2, -0.15) is 0 Å². The maximum atomic E-state index is 5.42. The average molecular weight is 163 g/mol. The van der Waals surface area contributed by atoms with E-state index in [1.54, 1.807) is 14.2 Å². The van der Waals surface area contributed by atoms with E-state index in [0.717, 1.165) is 17.1 Å². The molecular formula is C10H11O2. The van der Waals surface area contributed by atoms with Crippen molar-refractivity contribution in [3.05, 3.63) is 30.3 Å². The summed E-state index contributed by atoms with van der Waals surface area (Å²) >= 11 is 0. The highest BCUT2D eigenvalue weighted by Gasteiger charge is 2.04. The summed E-state index contributed by atoms with van der Waals surface area (Å²) in [7, 11) is 3.20. The first-order valence-electron chi connectivity index (χ1n) is 3.59. The summed E-state index contributed by atoms with van der Waals surface area (Å²) in [6.07, 6.45) is 1.47. The van der Waals surface area contributed by atoms with E-state index in [1.165, 1.54) is 6.08 Å². The van der Waals surface area contributed by atoms with Crippen LogP contribution >= 0.6 is 0 Å². The molecular weight excluding hydrogens is 152 g/mol. The largest absolute Gasteiger partial charge is 0.496 e. The summed E-state index contributed by atoms with van der Waals surface area (Å²) in [4.78, 5) is 0. The Morgan fingerprint density at radius 3 is 2.00 bits per heavy atom. The molecule has 1 rings (SSSR count).